The van der Waals surface area contributed by atoms with E-state index in [1.165, 1.54) is 0 Å². The number of benzene rings is 3. The van der Waals surface area contributed by atoms with E-state index in [2.05, 4.69) is 29.2 Å². The third-order valence-electron chi connectivity index (χ3n) is 4.64. The Morgan fingerprint density at radius 2 is 1.69 bits per heavy atom. The highest BCUT2D eigenvalue weighted by Gasteiger charge is 2.19. The van der Waals surface area contributed by atoms with Gasteiger partial charge in [0.05, 0.1) is 11.1 Å². The molecule has 29 heavy (non-hydrogen) atoms. The predicted octanol–water partition coefficient (Wildman–Crippen LogP) is 5.82. The van der Waals surface area contributed by atoms with Crippen LogP contribution < -0.4 is 0 Å². The molecule has 0 unspecified atom stereocenters. The molecule has 0 spiro atoms. The van der Waals surface area contributed by atoms with Gasteiger partial charge in [0.15, 0.2) is 6.29 Å². The Hall–Kier alpha value is -3.53. The van der Waals surface area contributed by atoms with Crippen molar-refractivity contribution in [1.29, 1.82) is 0 Å². The molecule has 0 fully saturated rings. The van der Waals surface area contributed by atoms with E-state index in [1.807, 2.05) is 39.0 Å². The van der Waals surface area contributed by atoms with Crippen LogP contribution in [0.25, 0.3) is 32.8 Å². The normalized spacial score (nSPS) is 11.6. The lowest BCUT2D eigenvalue weighted by Gasteiger charge is -2.19. The molecule has 4 rings (SSSR count). The molecule has 1 aromatic heterocycles. The van der Waals surface area contributed by atoms with Crippen molar-refractivity contribution in [2.24, 2.45) is 0 Å². The molecule has 0 amide bonds. The fourth-order valence-electron chi connectivity index (χ4n) is 3.37. The second kappa shape index (κ2) is 7.13. The Morgan fingerprint density at radius 1 is 0.931 bits per heavy atom. The SMILES string of the molecule is CC(C)(C)OC(=O)c1ccc2nc(C=O)cc(-c3ccc4ccccc4c3)c2c1. The van der Waals surface area contributed by atoms with E-state index in [0.717, 1.165) is 33.6 Å². The zero-order valence-corrected chi connectivity index (χ0v) is 16.6. The second-order valence-electron chi connectivity index (χ2n) is 8.01. The molecule has 3 aromatic carbocycles. The molecular formula is C25H21NO3. The summed E-state index contributed by atoms with van der Waals surface area (Å²) in [6.45, 7) is 5.51. The van der Waals surface area contributed by atoms with Crippen LogP contribution in [0.4, 0.5) is 0 Å². The number of carbonyl (C=O) groups is 2. The first kappa shape index (κ1) is 18.8. The van der Waals surface area contributed by atoms with E-state index in [0.29, 0.717) is 16.8 Å². The number of pyridine rings is 1. The van der Waals surface area contributed by atoms with Crippen LogP contribution in [0.2, 0.25) is 0 Å². The third-order valence-corrected chi connectivity index (χ3v) is 4.64. The first-order valence-corrected chi connectivity index (χ1v) is 9.46. The molecule has 0 radical (unpaired) electrons. The fraction of sp³-hybridized carbons (Fsp3) is 0.160. The average molecular weight is 383 g/mol. The number of fused-ring (bicyclic) bond motifs is 2. The van der Waals surface area contributed by atoms with Crippen LogP contribution >= 0.6 is 0 Å². The number of aromatic nitrogens is 1. The minimum atomic E-state index is -0.577. The summed E-state index contributed by atoms with van der Waals surface area (Å²) < 4.78 is 5.51. The lowest BCUT2D eigenvalue weighted by Crippen LogP contribution is -2.23. The summed E-state index contributed by atoms with van der Waals surface area (Å²) >= 11 is 0. The summed E-state index contributed by atoms with van der Waals surface area (Å²) in [6, 6.07) is 21.2. The summed E-state index contributed by atoms with van der Waals surface area (Å²) in [6.07, 6.45) is 0.742. The summed E-state index contributed by atoms with van der Waals surface area (Å²) in [7, 11) is 0. The van der Waals surface area contributed by atoms with E-state index < -0.39 is 5.60 Å². The number of esters is 1. The van der Waals surface area contributed by atoms with Gasteiger partial charge in [0, 0.05) is 5.39 Å². The van der Waals surface area contributed by atoms with Crippen molar-refractivity contribution in [3.05, 3.63) is 78.0 Å². The van der Waals surface area contributed by atoms with Crippen molar-refractivity contribution < 1.29 is 14.3 Å². The maximum Gasteiger partial charge on any atom is 0.338 e. The van der Waals surface area contributed by atoms with E-state index in [-0.39, 0.29) is 5.97 Å². The van der Waals surface area contributed by atoms with Gasteiger partial charge in [0.1, 0.15) is 11.3 Å². The molecule has 0 aliphatic carbocycles. The van der Waals surface area contributed by atoms with E-state index in [9.17, 15) is 9.59 Å². The Morgan fingerprint density at radius 3 is 2.41 bits per heavy atom. The van der Waals surface area contributed by atoms with E-state index in [4.69, 9.17) is 4.74 Å². The van der Waals surface area contributed by atoms with Crippen molar-refractivity contribution in [2.45, 2.75) is 26.4 Å². The van der Waals surface area contributed by atoms with Gasteiger partial charge in [-0.25, -0.2) is 9.78 Å². The molecular weight excluding hydrogens is 362 g/mol. The van der Waals surface area contributed by atoms with Crippen LogP contribution in [0.15, 0.2) is 66.7 Å². The summed E-state index contributed by atoms with van der Waals surface area (Å²) in [5.74, 6) is -0.386. The first-order valence-electron chi connectivity index (χ1n) is 9.46. The number of hydrogen-bond donors (Lipinski definition) is 0. The van der Waals surface area contributed by atoms with Gasteiger partial charge in [-0.05, 0) is 73.0 Å². The standard InChI is InChI=1S/C25H21NO3/c1-25(2,3)29-24(28)19-10-11-23-22(13-19)21(14-20(15-27)26-23)18-9-8-16-6-4-5-7-17(16)12-18/h4-15H,1-3H3. The van der Waals surface area contributed by atoms with Crippen LogP contribution in [0.3, 0.4) is 0 Å². The highest BCUT2D eigenvalue weighted by molar-refractivity contribution is 6.03. The second-order valence-corrected chi connectivity index (χ2v) is 8.01. The van der Waals surface area contributed by atoms with E-state index >= 15 is 0 Å². The molecule has 4 nitrogen and oxygen atoms in total. The summed E-state index contributed by atoms with van der Waals surface area (Å²) in [5, 5.41) is 3.04. The van der Waals surface area contributed by atoms with Gasteiger partial charge in [0.2, 0.25) is 0 Å². The smallest absolute Gasteiger partial charge is 0.338 e. The first-order chi connectivity index (χ1) is 13.8. The predicted molar refractivity (Wildman–Crippen MR) is 115 cm³/mol. The molecule has 4 aromatic rings. The Balaban J connectivity index is 1.91. The zero-order chi connectivity index (χ0) is 20.6. The lowest BCUT2D eigenvalue weighted by molar-refractivity contribution is 0.00696. The van der Waals surface area contributed by atoms with E-state index in [1.54, 1.807) is 24.3 Å². The topological polar surface area (TPSA) is 56.3 Å². The average Bonchev–Trinajstić information content (AvgIpc) is 2.71. The summed E-state index contributed by atoms with van der Waals surface area (Å²) in [4.78, 5) is 28.4. The molecule has 0 saturated carbocycles. The Kier molecular flexibility index (Phi) is 4.63. The molecule has 0 bridgehead atoms. The monoisotopic (exact) mass is 383 g/mol. The van der Waals surface area contributed by atoms with Gasteiger partial charge >= 0.3 is 5.97 Å². The Bertz CT molecular complexity index is 1250. The van der Waals surface area contributed by atoms with Crippen molar-refractivity contribution >= 4 is 33.9 Å². The van der Waals surface area contributed by atoms with Crippen LogP contribution in [-0.2, 0) is 4.74 Å². The maximum atomic E-state index is 12.6. The van der Waals surface area contributed by atoms with Crippen LogP contribution in [0.1, 0.15) is 41.6 Å². The third kappa shape index (κ3) is 3.87. The molecule has 0 aliphatic heterocycles. The maximum absolute atomic E-state index is 12.6. The number of rotatable bonds is 3. The number of aldehydes is 1. The minimum absolute atomic E-state index is 0.352. The molecule has 144 valence electrons. The number of ether oxygens (including phenoxy) is 1. The number of nitrogens with zero attached hydrogens (tertiary/aromatic N) is 1. The minimum Gasteiger partial charge on any atom is -0.456 e. The van der Waals surface area contributed by atoms with Gasteiger partial charge < -0.3 is 4.74 Å². The van der Waals surface area contributed by atoms with Gasteiger partial charge in [0.25, 0.3) is 0 Å². The van der Waals surface area contributed by atoms with Crippen LogP contribution in [-0.4, -0.2) is 22.8 Å². The van der Waals surface area contributed by atoms with Crippen molar-refractivity contribution in [3.8, 4) is 11.1 Å². The quantitative estimate of drug-likeness (QED) is 0.330. The molecule has 0 saturated heterocycles. The van der Waals surface area contributed by atoms with Crippen LogP contribution in [0, 0.1) is 0 Å². The number of carbonyl (C=O) groups excluding carboxylic acids is 2. The number of hydrogen-bond acceptors (Lipinski definition) is 4. The molecule has 4 heteroatoms. The molecule has 1 heterocycles. The van der Waals surface area contributed by atoms with Gasteiger partial charge in [-0.2, -0.15) is 0 Å². The van der Waals surface area contributed by atoms with Crippen LogP contribution in [0.5, 0.6) is 0 Å². The summed E-state index contributed by atoms with van der Waals surface area (Å²) in [5.41, 5.74) is 2.70. The highest BCUT2D eigenvalue weighted by atomic mass is 16.6. The van der Waals surface area contributed by atoms with Crippen molar-refractivity contribution in [1.82, 2.24) is 4.98 Å². The van der Waals surface area contributed by atoms with Crippen molar-refractivity contribution in [2.75, 3.05) is 0 Å². The largest absolute Gasteiger partial charge is 0.456 e. The molecule has 0 aliphatic rings. The zero-order valence-electron chi connectivity index (χ0n) is 16.6. The van der Waals surface area contributed by atoms with Gasteiger partial charge in [-0.15, -0.1) is 0 Å². The highest BCUT2D eigenvalue weighted by Crippen LogP contribution is 2.31. The van der Waals surface area contributed by atoms with Gasteiger partial charge in [-0.3, -0.25) is 4.79 Å². The van der Waals surface area contributed by atoms with Crippen molar-refractivity contribution in [3.63, 3.8) is 0 Å². The Labute approximate surface area is 169 Å². The lowest BCUT2D eigenvalue weighted by atomic mass is 9.96. The molecule has 0 N–H and O–H groups in total. The van der Waals surface area contributed by atoms with Gasteiger partial charge in [-0.1, -0.05) is 36.4 Å². The fourth-order valence-corrected chi connectivity index (χ4v) is 3.37. The molecule has 0 atom stereocenters.